The van der Waals surface area contributed by atoms with Crippen molar-refractivity contribution >= 4 is 5.97 Å². The maximum Gasteiger partial charge on any atom is 0.335 e. The fraction of sp³-hybridized carbons (Fsp3) is 0.600. The monoisotopic (exact) mass is 280 g/mol. The summed E-state index contributed by atoms with van der Waals surface area (Å²) in [6.45, 7) is 11.6. The summed E-state index contributed by atoms with van der Waals surface area (Å²) in [6, 6.07) is 3.88. The molecule has 1 aromatic heterocycles. The molecule has 0 fully saturated rings. The topological polar surface area (TPSA) is 62.7 Å². The van der Waals surface area contributed by atoms with Gasteiger partial charge in [-0.15, -0.1) is 0 Å². The second-order valence-electron chi connectivity index (χ2n) is 5.41. The van der Waals surface area contributed by atoms with Gasteiger partial charge in [0, 0.05) is 30.4 Å². The van der Waals surface area contributed by atoms with Crippen LogP contribution in [0.5, 0.6) is 5.88 Å². The number of rotatable bonds is 7. The van der Waals surface area contributed by atoms with Crippen molar-refractivity contribution in [2.45, 2.75) is 46.7 Å². The molecule has 0 aliphatic heterocycles. The molecule has 1 rings (SSSR count). The minimum atomic E-state index is -0.966. The Morgan fingerprint density at radius 3 is 2.40 bits per heavy atom. The van der Waals surface area contributed by atoms with E-state index in [9.17, 15) is 4.79 Å². The number of aryl methyl sites for hydroxylation is 1. The van der Waals surface area contributed by atoms with E-state index in [1.807, 2.05) is 0 Å². The molecule has 0 aliphatic rings. The minimum Gasteiger partial charge on any atom is -0.478 e. The van der Waals surface area contributed by atoms with E-state index in [0.29, 0.717) is 30.3 Å². The van der Waals surface area contributed by atoms with Crippen molar-refractivity contribution in [3.63, 3.8) is 0 Å². The molecule has 0 aromatic carbocycles. The molecule has 0 amide bonds. The average Bonchev–Trinajstić information content (AvgIpc) is 2.32. The predicted molar refractivity (Wildman–Crippen MR) is 78.4 cm³/mol. The lowest BCUT2D eigenvalue weighted by atomic mass is 10.2. The Kier molecular flexibility index (Phi) is 5.95. The SMILES string of the molecule is Cc1cc(C(=O)O)cc(OCCN(C(C)C)C(C)C)n1. The van der Waals surface area contributed by atoms with Crippen molar-refractivity contribution in [2.24, 2.45) is 0 Å². The predicted octanol–water partition coefficient (Wildman–Crippen LogP) is 2.59. The summed E-state index contributed by atoms with van der Waals surface area (Å²) in [5.74, 6) is -0.596. The lowest BCUT2D eigenvalue weighted by Gasteiger charge is -2.30. The van der Waals surface area contributed by atoms with Gasteiger partial charge < -0.3 is 9.84 Å². The molecule has 5 nitrogen and oxygen atoms in total. The van der Waals surface area contributed by atoms with Gasteiger partial charge in [0.05, 0.1) is 5.56 Å². The van der Waals surface area contributed by atoms with Crippen LogP contribution in [0.2, 0.25) is 0 Å². The molecule has 1 aromatic rings. The van der Waals surface area contributed by atoms with Gasteiger partial charge >= 0.3 is 5.97 Å². The Hall–Kier alpha value is -1.62. The lowest BCUT2D eigenvalue weighted by Crippen LogP contribution is -2.39. The van der Waals surface area contributed by atoms with Gasteiger partial charge in [0.2, 0.25) is 5.88 Å². The van der Waals surface area contributed by atoms with Gasteiger partial charge in [-0.05, 0) is 40.7 Å². The van der Waals surface area contributed by atoms with Crippen molar-refractivity contribution in [3.05, 3.63) is 23.4 Å². The first-order valence-corrected chi connectivity index (χ1v) is 6.91. The Balaban J connectivity index is 2.64. The van der Waals surface area contributed by atoms with Crippen LogP contribution in [0.25, 0.3) is 0 Å². The van der Waals surface area contributed by atoms with Crippen LogP contribution in [-0.2, 0) is 0 Å². The maximum absolute atomic E-state index is 11.0. The van der Waals surface area contributed by atoms with E-state index in [1.54, 1.807) is 6.92 Å². The van der Waals surface area contributed by atoms with E-state index >= 15 is 0 Å². The van der Waals surface area contributed by atoms with Gasteiger partial charge in [0.1, 0.15) is 6.61 Å². The first kappa shape index (κ1) is 16.4. The van der Waals surface area contributed by atoms with Crippen LogP contribution in [0, 0.1) is 6.92 Å². The number of carboxylic acid groups (broad SMARTS) is 1. The van der Waals surface area contributed by atoms with Crippen LogP contribution < -0.4 is 4.74 Å². The third-order valence-corrected chi connectivity index (χ3v) is 3.10. The summed E-state index contributed by atoms with van der Waals surface area (Å²) >= 11 is 0. The molecule has 1 N–H and O–H groups in total. The molecular weight excluding hydrogens is 256 g/mol. The molecule has 0 saturated heterocycles. The zero-order chi connectivity index (χ0) is 15.3. The molecule has 112 valence electrons. The van der Waals surface area contributed by atoms with Crippen molar-refractivity contribution in [2.75, 3.05) is 13.2 Å². The summed E-state index contributed by atoms with van der Waals surface area (Å²) in [6.07, 6.45) is 0. The van der Waals surface area contributed by atoms with Crippen molar-refractivity contribution in [3.8, 4) is 5.88 Å². The maximum atomic E-state index is 11.0. The number of hydrogen-bond acceptors (Lipinski definition) is 4. The Morgan fingerprint density at radius 2 is 1.90 bits per heavy atom. The van der Waals surface area contributed by atoms with E-state index < -0.39 is 5.97 Å². The number of aromatic carboxylic acids is 1. The number of aromatic nitrogens is 1. The highest BCUT2D eigenvalue weighted by atomic mass is 16.5. The quantitative estimate of drug-likeness (QED) is 0.831. The second kappa shape index (κ2) is 7.24. The average molecular weight is 280 g/mol. The van der Waals surface area contributed by atoms with E-state index in [-0.39, 0.29) is 5.56 Å². The Morgan fingerprint density at radius 1 is 1.30 bits per heavy atom. The Labute approximate surface area is 120 Å². The highest BCUT2D eigenvalue weighted by Crippen LogP contribution is 2.13. The first-order chi connectivity index (χ1) is 9.31. The van der Waals surface area contributed by atoms with Crippen molar-refractivity contribution < 1.29 is 14.6 Å². The van der Waals surface area contributed by atoms with Gasteiger partial charge in [0.25, 0.3) is 0 Å². The van der Waals surface area contributed by atoms with Crippen molar-refractivity contribution in [1.82, 2.24) is 9.88 Å². The number of ether oxygens (including phenoxy) is 1. The third-order valence-electron chi connectivity index (χ3n) is 3.10. The minimum absolute atomic E-state index is 0.206. The molecule has 20 heavy (non-hydrogen) atoms. The number of carboxylic acids is 1. The fourth-order valence-corrected chi connectivity index (χ4v) is 2.20. The van der Waals surface area contributed by atoms with Crippen LogP contribution in [0.4, 0.5) is 0 Å². The van der Waals surface area contributed by atoms with Crippen LogP contribution in [0.1, 0.15) is 43.7 Å². The molecular formula is C15H24N2O3. The van der Waals surface area contributed by atoms with Gasteiger partial charge in [-0.25, -0.2) is 9.78 Å². The van der Waals surface area contributed by atoms with E-state index in [4.69, 9.17) is 9.84 Å². The van der Waals surface area contributed by atoms with Crippen LogP contribution in [0.15, 0.2) is 12.1 Å². The summed E-state index contributed by atoms with van der Waals surface area (Å²) in [5, 5.41) is 9.00. The van der Waals surface area contributed by atoms with Gasteiger partial charge in [-0.3, -0.25) is 4.90 Å². The standard InChI is InChI=1S/C15H24N2O3/c1-10(2)17(11(3)4)6-7-20-14-9-13(15(18)19)8-12(5)16-14/h8-11H,6-7H2,1-5H3,(H,18,19). The van der Waals surface area contributed by atoms with E-state index in [0.717, 1.165) is 6.54 Å². The van der Waals surface area contributed by atoms with Gasteiger partial charge in [-0.1, -0.05) is 0 Å². The molecule has 0 bridgehead atoms. The van der Waals surface area contributed by atoms with Crippen LogP contribution in [0.3, 0.4) is 0 Å². The van der Waals surface area contributed by atoms with Gasteiger partial charge in [0.15, 0.2) is 0 Å². The van der Waals surface area contributed by atoms with E-state index in [1.165, 1.54) is 12.1 Å². The third kappa shape index (κ3) is 4.81. The molecule has 0 atom stereocenters. The summed E-state index contributed by atoms with van der Waals surface area (Å²) in [7, 11) is 0. The highest BCUT2D eigenvalue weighted by Gasteiger charge is 2.13. The second-order valence-corrected chi connectivity index (χ2v) is 5.41. The largest absolute Gasteiger partial charge is 0.478 e. The summed E-state index contributed by atoms with van der Waals surface area (Å²) in [4.78, 5) is 17.5. The molecule has 0 aliphatic carbocycles. The molecule has 0 spiro atoms. The zero-order valence-electron chi connectivity index (χ0n) is 12.9. The molecule has 0 saturated carbocycles. The summed E-state index contributed by atoms with van der Waals surface area (Å²) in [5.41, 5.74) is 0.849. The molecule has 5 heteroatoms. The zero-order valence-corrected chi connectivity index (χ0v) is 12.9. The van der Waals surface area contributed by atoms with Gasteiger partial charge in [-0.2, -0.15) is 0 Å². The Bertz CT molecular complexity index is 450. The van der Waals surface area contributed by atoms with Crippen molar-refractivity contribution in [1.29, 1.82) is 0 Å². The normalized spacial score (nSPS) is 11.4. The number of pyridine rings is 1. The first-order valence-electron chi connectivity index (χ1n) is 6.91. The summed E-state index contributed by atoms with van der Waals surface area (Å²) < 4.78 is 5.59. The number of carbonyl (C=O) groups is 1. The smallest absolute Gasteiger partial charge is 0.335 e. The number of hydrogen-bond donors (Lipinski definition) is 1. The molecule has 0 unspecified atom stereocenters. The van der Waals surface area contributed by atoms with Crippen LogP contribution in [-0.4, -0.2) is 46.2 Å². The fourth-order valence-electron chi connectivity index (χ4n) is 2.20. The molecule has 1 heterocycles. The highest BCUT2D eigenvalue weighted by molar-refractivity contribution is 5.87. The lowest BCUT2D eigenvalue weighted by molar-refractivity contribution is 0.0696. The van der Waals surface area contributed by atoms with E-state index in [2.05, 4.69) is 37.6 Å². The molecule has 0 radical (unpaired) electrons. The number of nitrogens with zero attached hydrogens (tertiary/aromatic N) is 2. The van der Waals surface area contributed by atoms with Crippen LogP contribution >= 0.6 is 0 Å².